The smallest absolute Gasteiger partial charge is 1.00 e. The number of ether oxygens (including phenoxy) is 1. The molecule has 0 spiro atoms. The van der Waals surface area contributed by atoms with Crippen molar-refractivity contribution in [1.82, 2.24) is 10.2 Å². The molecule has 0 saturated heterocycles. The first-order chi connectivity index (χ1) is 7.61. The zero-order valence-electron chi connectivity index (χ0n) is 11.5. The van der Waals surface area contributed by atoms with Crippen molar-refractivity contribution in [3.63, 3.8) is 0 Å². The Hall–Kier alpha value is 0.750. The fourth-order valence-corrected chi connectivity index (χ4v) is 1.01. The Morgan fingerprint density at radius 3 is 2.10 bits per heavy atom. The Morgan fingerprint density at radius 1 is 1.30 bits per heavy atom. The molecule has 0 aromatic carbocycles. The van der Waals surface area contributed by atoms with Crippen molar-refractivity contribution >= 4 is 41.0 Å². The number of hydrogen-bond acceptors (Lipinski definition) is 5. The Balaban J connectivity index is -0.000000427. The minimum atomic E-state index is -0.555. The number of nitrogens with one attached hydrogen (secondary N) is 1. The first-order valence-electron chi connectivity index (χ1n) is 5.02. The van der Waals surface area contributed by atoms with Crippen molar-refractivity contribution in [3.8, 4) is 0 Å². The van der Waals surface area contributed by atoms with Gasteiger partial charge in [-0.15, -0.1) is 0 Å². The normalized spacial score (nSPS) is 9.00. The van der Waals surface area contributed by atoms with E-state index in [2.05, 4.69) is 5.32 Å². The van der Waals surface area contributed by atoms with Crippen molar-refractivity contribution in [2.24, 2.45) is 0 Å². The van der Waals surface area contributed by atoms with E-state index in [0.717, 1.165) is 0 Å². The molecule has 0 rings (SSSR count). The van der Waals surface area contributed by atoms with Crippen LogP contribution in [0.4, 0.5) is 0 Å². The van der Waals surface area contributed by atoms with Gasteiger partial charge in [-0.25, -0.2) is 0 Å². The molecule has 0 atom stereocenters. The number of thiocarbonyl (C=S) groups is 1. The number of rotatable bonds is 4. The standard InChI is InChI=1S/C10H18N2O3S2.Au.2BrH/c1-10(2,3)15-8(14)5-11-7(13)6-12(4)9(16)17;;;/h5-6H2,1-4H3,(H,11,13)(H,16,17);;2*1H/q;+3;;/p-3. The fourth-order valence-electron chi connectivity index (χ4n) is 0.884. The third kappa shape index (κ3) is 16.8. The van der Waals surface area contributed by atoms with Gasteiger partial charge in [0, 0.05) is 7.05 Å². The van der Waals surface area contributed by atoms with Crippen LogP contribution in [0.2, 0.25) is 0 Å². The number of amides is 1. The van der Waals surface area contributed by atoms with E-state index in [1.54, 1.807) is 27.8 Å². The number of carbonyl (C=O) groups is 2. The van der Waals surface area contributed by atoms with E-state index < -0.39 is 11.6 Å². The number of halogens is 2. The average Bonchev–Trinajstić information content (AvgIpc) is 2.11. The van der Waals surface area contributed by atoms with Crippen molar-refractivity contribution in [2.45, 2.75) is 26.4 Å². The van der Waals surface area contributed by atoms with Gasteiger partial charge in [-0.3, -0.25) is 9.59 Å². The number of nitrogens with zero attached hydrogens (tertiary/aromatic N) is 1. The van der Waals surface area contributed by atoms with Crippen LogP contribution in [0, 0.1) is 0 Å². The summed E-state index contributed by atoms with van der Waals surface area (Å²) in [6.07, 6.45) is 0. The molecule has 0 fully saturated rings. The Bertz CT molecular complexity index is 328. The number of esters is 1. The maximum Gasteiger partial charge on any atom is 3.00 e. The Kier molecular flexibility index (Phi) is 19.4. The fraction of sp³-hybridized carbons (Fsp3) is 0.700. The van der Waals surface area contributed by atoms with Crippen LogP contribution in [-0.4, -0.2) is 46.8 Å². The molecule has 5 nitrogen and oxygen atoms in total. The summed E-state index contributed by atoms with van der Waals surface area (Å²) >= 11 is 9.43. The van der Waals surface area contributed by atoms with Crippen LogP contribution in [0.3, 0.4) is 0 Å². The molecule has 0 aliphatic rings. The van der Waals surface area contributed by atoms with E-state index in [1.807, 2.05) is 0 Å². The largest absolute Gasteiger partial charge is 3.00 e. The van der Waals surface area contributed by atoms with Crippen LogP contribution in [0.1, 0.15) is 20.8 Å². The predicted molar refractivity (Wildman–Crippen MR) is 71.4 cm³/mol. The molecule has 0 unspecified atom stereocenters. The van der Waals surface area contributed by atoms with Gasteiger partial charge in [-0.05, 0) is 20.8 Å². The molecule has 20 heavy (non-hydrogen) atoms. The van der Waals surface area contributed by atoms with Crippen LogP contribution < -0.4 is 39.3 Å². The SMILES string of the molecule is CN(CC(=O)NCC(=O)OC(C)(C)C)C(=S)[S-].[Au+3].[Br-].[Br-]. The quantitative estimate of drug-likeness (QED) is 0.144. The Morgan fingerprint density at radius 2 is 1.75 bits per heavy atom. The molecule has 0 aliphatic carbocycles. The summed E-state index contributed by atoms with van der Waals surface area (Å²) in [5.41, 5.74) is -0.555. The second-order valence-corrected chi connectivity index (χ2v) is 5.52. The maximum absolute atomic E-state index is 11.4. The topological polar surface area (TPSA) is 58.6 Å². The molecule has 0 bridgehead atoms. The van der Waals surface area contributed by atoms with Gasteiger partial charge >= 0.3 is 28.3 Å². The van der Waals surface area contributed by atoms with E-state index in [0.29, 0.717) is 0 Å². The summed E-state index contributed by atoms with van der Waals surface area (Å²) in [4.78, 5) is 24.1. The summed E-state index contributed by atoms with van der Waals surface area (Å²) < 4.78 is 5.23. The minimum absolute atomic E-state index is 0. The zero-order chi connectivity index (χ0) is 13.6. The van der Waals surface area contributed by atoms with Crippen LogP contribution in [0.5, 0.6) is 0 Å². The second kappa shape index (κ2) is 13.4. The van der Waals surface area contributed by atoms with Crippen molar-refractivity contribution in [3.05, 3.63) is 0 Å². The van der Waals surface area contributed by atoms with Crippen LogP contribution in [-0.2, 0) is 49.3 Å². The first kappa shape index (κ1) is 28.8. The molecule has 10 heteroatoms. The first-order valence-corrected chi connectivity index (χ1v) is 5.84. The molecule has 0 heterocycles. The van der Waals surface area contributed by atoms with Gasteiger partial charge in [0.2, 0.25) is 5.91 Å². The number of likely N-dealkylation sites (N-methyl/N-ethyl adjacent to an activating group) is 1. The molecule has 1 N–H and O–H groups in total. The van der Waals surface area contributed by atoms with Crippen molar-refractivity contribution in [2.75, 3.05) is 20.1 Å². The minimum Gasteiger partial charge on any atom is -1.00 e. The molecule has 122 valence electrons. The second-order valence-electron chi connectivity index (χ2n) is 4.49. The predicted octanol–water partition coefficient (Wildman–Crippen LogP) is -5.79. The van der Waals surface area contributed by atoms with Crippen LogP contribution in [0.15, 0.2) is 0 Å². The molecule has 0 aromatic heterocycles. The average molecular weight is 634 g/mol. The van der Waals surface area contributed by atoms with Gasteiger partial charge < -0.3 is 73.8 Å². The molecule has 1 amide bonds. The van der Waals surface area contributed by atoms with Gasteiger partial charge in [0.15, 0.2) is 0 Å². The van der Waals surface area contributed by atoms with E-state index >= 15 is 0 Å². The summed E-state index contributed by atoms with van der Waals surface area (Å²) in [5, 5.41) is 2.43. The van der Waals surface area contributed by atoms with Crippen molar-refractivity contribution < 1.29 is 70.7 Å². The summed E-state index contributed by atoms with van der Waals surface area (Å²) in [6.45, 7) is 5.15. The van der Waals surface area contributed by atoms with Crippen LogP contribution >= 0.6 is 12.2 Å². The van der Waals surface area contributed by atoms with E-state index in [-0.39, 0.29) is 79.7 Å². The van der Waals surface area contributed by atoms with E-state index in [1.165, 1.54) is 4.90 Å². The molecular weight excluding hydrogens is 617 g/mol. The van der Waals surface area contributed by atoms with Gasteiger partial charge in [0.05, 0.1) is 6.54 Å². The Labute approximate surface area is 167 Å². The monoisotopic (exact) mass is 632 g/mol. The van der Waals surface area contributed by atoms with Gasteiger partial charge in [0.25, 0.3) is 0 Å². The zero-order valence-corrected chi connectivity index (χ0v) is 18.4. The maximum atomic E-state index is 11.4. The summed E-state index contributed by atoms with van der Waals surface area (Å²) in [7, 11) is 1.61. The van der Waals surface area contributed by atoms with E-state index in [9.17, 15) is 9.59 Å². The number of carbonyl (C=O) groups excluding carboxylic acids is 2. The van der Waals surface area contributed by atoms with Gasteiger partial charge in [-0.2, -0.15) is 0 Å². The molecular formula is C10H17AuBr2N2O3S2. The van der Waals surface area contributed by atoms with Gasteiger partial charge in [-0.1, -0.05) is 4.32 Å². The van der Waals surface area contributed by atoms with Crippen LogP contribution in [0.25, 0.3) is 0 Å². The molecule has 0 aromatic rings. The number of hydrogen-bond donors (Lipinski definition) is 1. The molecule has 0 saturated carbocycles. The third-order valence-electron chi connectivity index (χ3n) is 1.54. The van der Waals surface area contributed by atoms with E-state index in [4.69, 9.17) is 29.6 Å². The third-order valence-corrected chi connectivity index (χ3v) is 2.17. The summed E-state index contributed by atoms with van der Waals surface area (Å²) in [5.74, 6) is -0.806. The van der Waals surface area contributed by atoms with Crippen molar-refractivity contribution in [1.29, 1.82) is 0 Å². The van der Waals surface area contributed by atoms with Gasteiger partial charge in [0.1, 0.15) is 12.1 Å². The molecule has 0 aliphatic heterocycles. The summed E-state index contributed by atoms with van der Waals surface area (Å²) in [6, 6.07) is 0. The molecule has 0 radical (unpaired) electrons.